The quantitative estimate of drug-likeness (QED) is 0.450. The maximum absolute atomic E-state index is 13.8. The Balaban J connectivity index is 1.66. The minimum atomic E-state index is -0.564. The van der Waals surface area contributed by atoms with Crippen molar-refractivity contribution in [3.8, 4) is 5.75 Å². The summed E-state index contributed by atoms with van der Waals surface area (Å²) in [6, 6.07) is 22.3. The first-order chi connectivity index (χ1) is 16.5. The van der Waals surface area contributed by atoms with Crippen LogP contribution in [0.1, 0.15) is 42.9 Å². The number of ether oxygens (including phenoxy) is 1. The third-order valence-electron chi connectivity index (χ3n) is 6.76. The predicted octanol–water partition coefficient (Wildman–Crippen LogP) is 6.29. The van der Waals surface area contributed by atoms with E-state index in [0.29, 0.717) is 29.2 Å². The van der Waals surface area contributed by atoms with E-state index in [2.05, 4.69) is 0 Å². The van der Waals surface area contributed by atoms with Crippen molar-refractivity contribution in [1.29, 1.82) is 0 Å². The number of aliphatic imine (C=N–C) groups is 1. The Morgan fingerprint density at radius 2 is 1.71 bits per heavy atom. The molecule has 172 valence electrons. The summed E-state index contributed by atoms with van der Waals surface area (Å²) in [5.41, 5.74) is 4.00. The van der Waals surface area contributed by atoms with E-state index in [9.17, 15) is 9.59 Å². The van der Waals surface area contributed by atoms with Crippen LogP contribution >= 0.6 is 11.6 Å². The molecule has 3 aromatic rings. The van der Waals surface area contributed by atoms with Gasteiger partial charge in [-0.3, -0.25) is 14.6 Å². The van der Waals surface area contributed by atoms with Crippen molar-refractivity contribution >= 4 is 40.4 Å². The standard InChI is InChI=1S/C28H25ClN2O3/c1-17(32)31-25-10-6-5-9-23(25)30-24-15-19(18-11-13-20(34-2)14-12-18)16-26(33)27(24)28(31)21-7-3-4-8-22(21)29/h3-14,19,27-28H,15-16H2,1-2H3. The molecular formula is C28H25ClN2O3. The molecule has 0 radical (unpaired) electrons. The van der Waals surface area contributed by atoms with Gasteiger partial charge in [0.15, 0.2) is 0 Å². The highest BCUT2D eigenvalue weighted by atomic mass is 35.5. The zero-order chi connectivity index (χ0) is 23.8. The SMILES string of the molecule is COc1ccc(C2CC(=O)C3C(=Nc4ccccc4N(C(C)=O)C3c3ccccc3Cl)C2)cc1. The van der Waals surface area contributed by atoms with E-state index < -0.39 is 12.0 Å². The number of rotatable bonds is 3. The molecule has 1 aliphatic heterocycles. The fourth-order valence-corrected chi connectivity index (χ4v) is 5.46. The number of hydrogen-bond acceptors (Lipinski definition) is 4. The molecule has 3 unspecified atom stereocenters. The van der Waals surface area contributed by atoms with Crippen LogP contribution in [0.5, 0.6) is 5.75 Å². The van der Waals surface area contributed by atoms with Crippen LogP contribution < -0.4 is 9.64 Å². The Bertz CT molecular complexity index is 1280. The van der Waals surface area contributed by atoms with Gasteiger partial charge in [-0.15, -0.1) is 0 Å². The molecule has 0 aromatic heterocycles. The molecule has 1 heterocycles. The van der Waals surface area contributed by atoms with Crippen LogP contribution in [0.15, 0.2) is 77.8 Å². The molecule has 0 saturated heterocycles. The molecule has 3 aromatic carbocycles. The molecule has 5 rings (SSSR count). The summed E-state index contributed by atoms with van der Waals surface area (Å²) in [5, 5.41) is 0.530. The molecule has 34 heavy (non-hydrogen) atoms. The van der Waals surface area contributed by atoms with E-state index in [1.54, 1.807) is 18.1 Å². The summed E-state index contributed by atoms with van der Waals surface area (Å²) in [4.78, 5) is 33.6. The predicted molar refractivity (Wildman–Crippen MR) is 134 cm³/mol. The lowest BCUT2D eigenvalue weighted by Crippen LogP contribution is -2.45. The first-order valence-corrected chi connectivity index (χ1v) is 11.7. The number of Topliss-reactive ketones (excluding diaryl/α,β-unsaturated/α-hetero) is 1. The van der Waals surface area contributed by atoms with Gasteiger partial charge in [0.25, 0.3) is 0 Å². The van der Waals surface area contributed by atoms with Crippen LogP contribution in [-0.2, 0) is 9.59 Å². The number of anilines is 1. The third-order valence-corrected chi connectivity index (χ3v) is 7.10. The molecular weight excluding hydrogens is 448 g/mol. The summed E-state index contributed by atoms with van der Waals surface area (Å²) < 4.78 is 5.29. The molecule has 1 fully saturated rings. The Morgan fingerprint density at radius 1 is 1.00 bits per heavy atom. The number of ketones is 1. The average Bonchev–Trinajstić information content (AvgIpc) is 2.99. The fourth-order valence-electron chi connectivity index (χ4n) is 5.21. The van der Waals surface area contributed by atoms with Gasteiger partial charge in [-0.25, -0.2) is 0 Å². The van der Waals surface area contributed by atoms with Crippen LogP contribution in [0.25, 0.3) is 0 Å². The zero-order valence-corrected chi connectivity index (χ0v) is 19.8. The van der Waals surface area contributed by atoms with Crippen molar-refractivity contribution in [2.45, 2.75) is 31.7 Å². The molecule has 1 aliphatic carbocycles. The van der Waals surface area contributed by atoms with E-state index in [0.717, 1.165) is 22.6 Å². The molecule has 5 nitrogen and oxygen atoms in total. The molecule has 2 aliphatic rings. The third kappa shape index (κ3) is 3.90. The van der Waals surface area contributed by atoms with Gasteiger partial charge < -0.3 is 9.64 Å². The van der Waals surface area contributed by atoms with Gasteiger partial charge in [-0.05, 0) is 53.8 Å². The van der Waals surface area contributed by atoms with Gasteiger partial charge in [0.1, 0.15) is 11.5 Å². The summed E-state index contributed by atoms with van der Waals surface area (Å²) in [6.45, 7) is 1.53. The van der Waals surface area contributed by atoms with Gasteiger partial charge in [-0.2, -0.15) is 0 Å². The second kappa shape index (κ2) is 9.07. The van der Waals surface area contributed by atoms with Gasteiger partial charge in [0.05, 0.1) is 30.4 Å². The van der Waals surface area contributed by atoms with Crippen molar-refractivity contribution in [1.82, 2.24) is 0 Å². The van der Waals surface area contributed by atoms with Gasteiger partial charge in [0.2, 0.25) is 5.91 Å². The minimum absolute atomic E-state index is 0.0105. The Labute approximate surface area is 204 Å². The van der Waals surface area contributed by atoms with Crippen LogP contribution in [-0.4, -0.2) is 24.5 Å². The average molecular weight is 473 g/mol. The normalized spacial score (nSPS) is 21.7. The second-order valence-corrected chi connectivity index (χ2v) is 9.18. The molecule has 6 heteroatoms. The van der Waals surface area contributed by atoms with Crippen molar-refractivity contribution in [2.75, 3.05) is 12.0 Å². The van der Waals surface area contributed by atoms with Crippen molar-refractivity contribution in [2.24, 2.45) is 10.9 Å². The number of amides is 1. The second-order valence-electron chi connectivity index (χ2n) is 8.77. The number of carbonyl (C=O) groups is 2. The molecule has 0 bridgehead atoms. The lowest BCUT2D eigenvalue weighted by Gasteiger charge is -2.38. The van der Waals surface area contributed by atoms with Crippen molar-refractivity contribution < 1.29 is 14.3 Å². The number of halogens is 1. The Hall–Kier alpha value is -3.44. The van der Waals surface area contributed by atoms with Crippen LogP contribution in [0.2, 0.25) is 5.02 Å². The highest BCUT2D eigenvalue weighted by Crippen LogP contribution is 2.48. The molecule has 3 atom stereocenters. The van der Waals surface area contributed by atoms with Crippen LogP contribution in [0.4, 0.5) is 11.4 Å². The summed E-state index contributed by atoms with van der Waals surface area (Å²) in [6.07, 6.45) is 1.00. The molecule has 1 amide bonds. The number of hydrogen-bond donors (Lipinski definition) is 0. The highest BCUT2D eigenvalue weighted by molar-refractivity contribution is 6.31. The van der Waals surface area contributed by atoms with Gasteiger partial charge in [0, 0.05) is 24.1 Å². The summed E-state index contributed by atoms with van der Waals surface area (Å²) in [5.74, 6) is 0.135. The van der Waals surface area contributed by atoms with Crippen LogP contribution in [0.3, 0.4) is 0 Å². The van der Waals surface area contributed by atoms with Gasteiger partial charge >= 0.3 is 0 Å². The van der Waals surface area contributed by atoms with E-state index in [1.165, 1.54) is 6.92 Å². The van der Waals surface area contributed by atoms with Crippen LogP contribution in [0, 0.1) is 5.92 Å². The smallest absolute Gasteiger partial charge is 0.224 e. The molecule has 0 N–H and O–H groups in total. The first kappa shape index (κ1) is 22.4. The van der Waals surface area contributed by atoms with Gasteiger partial charge in [-0.1, -0.05) is 54.1 Å². The molecule has 0 spiro atoms. The zero-order valence-electron chi connectivity index (χ0n) is 19.1. The number of para-hydroxylation sites is 2. The molecule has 1 saturated carbocycles. The largest absolute Gasteiger partial charge is 0.497 e. The lowest BCUT2D eigenvalue weighted by atomic mass is 9.72. The first-order valence-electron chi connectivity index (χ1n) is 11.3. The maximum atomic E-state index is 13.8. The number of benzene rings is 3. The van der Waals surface area contributed by atoms with Crippen molar-refractivity contribution in [3.63, 3.8) is 0 Å². The Morgan fingerprint density at radius 3 is 2.41 bits per heavy atom. The summed E-state index contributed by atoms with van der Waals surface area (Å²) >= 11 is 6.64. The number of carbonyl (C=O) groups excluding carboxylic acids is 2. The maximum Gasteiger partial charge on any atom is 0.224 e. The number of fused-ring (bicyclic) bond motifs is 2. The summed E-state index contributed by atoms with van der Waals surface area (Å²) in [7, 11) is 1.64. The van der Waals surface area contributed by atoms with E-state index in [1.807, 2.05) is 66.7 Å². The topological polar surface area (TPSA) is 59.0 Å². The number of methoxy groups -OCH3 is 1. The highest BCUT2D eigenvalue weighted by Gasteiger charge is 2.46. The number of nitrogens with zero attached hydrogens (tertiary/aromatic N) is 2. The van der Waals surface area contributed by atoms with E-state index >= 15 is 0 Å². The van der Waals surface area contributed by atoms with Crippen molar-refractivity contribution in [3.05, 3.63) is 88.9 Å². The Kier molecular flexibility index (Phi) is 5.96. The lowest BCUT2D eigenvalue weighted by molar-refractivity contribution is -0.123. The van der Waals surface area contributed by atoms with E-state index in [-0.39, 0.29) is 17.6 Å². The van der Waals surface area contributed by atoms with E-state index in [4.69, 9.17) is 21.3 Å². The minimum Gasteiger partial charge on any atom is -0.497 e. The monoisotopic (exact) mass is 472 g/mol. The fraction of sp³-hybridized carbons (Fsp3) is 0.250.